The summed E-state index contributed by atoms with van der Waals surface area (Å²) in [5, 5.41) is 5.56. The average Bonchev–Trinajstić information content (AvgIpc) is 3.80. The van der Waals surface area contributed by atoms with Gasteiger partial charge in [0.1, 0.15) is 0 Å². The van der Waals surface area contributed by atoms with Crippen molar-refractivity contribution in [2.75, 3.05) is 0 Å². The molecule has 8 aromatic carbocycles. The Bertz CT molecular complexity index is 2830. The van der Waals surface area contributed by atoms with Crippen molar-refractivity contribution < 1.29 is 0 Å². The van der Waals surface area contributed by atoms with E-state index in [2.05, 4.69) is 188 Å². The van der Waals surface area contributed by atoms with Gasteiger partial charge in [-0.05, 0) is 60.2 Å². The molecule has 2 heterocycles. The van der Waals surface area contributed by atoms with Gasteiger partial charge in [0, 0.05) is 16.7 Å². The van der Waals surface area contributed by atoms with Crippen LogP contribution >= 0.6 is 0 Å². The molecule has 9 aromatic rings. The van der Waals surface area contributed by atoms with Crippen LogP contribution in [0, 0.1) is 0 Å². The van der Waals surface area contributed by atoms with Crippen molar-refractivity contribution in [1.29, 1.82) is 0 Å². The van der Waals surface area contributed by atoms with E-state index in [1.165, 1.54) is 54.1 Å². The summed E-state index contributed by atoms with van der Waals surface area (Å²) < 4.78 is 0. The second kappa shape index (κ2) is 13.7. The molecule has 3 nitrogen and oxygen atoms in total. The lowest BCUT2D eigenvalue weighted by molar-refractivity contribution is 0.815. The highest BCUT2D eigenvalue weighted by Gasteiger charge is 2.60. The summed E-state index contributed by atoms with van der Waals surface area (Å²) in [4.78, 5) is 15.5. The maximum absolute atomic E-state index is 5.23. The molecule has 1 aliphatic heterocycles. The smallest absolute Gasteiger partial charge is 0.181 e. The molecular formula is C54H37N3Si. The molecule has 4 heteroatoms. The average molecular weight is 756 g/mol. The van der Waals surface area contributed by atoms with Crippen molar-refractivity contribution >= 4 is 34.4 Å². The van der Waals surface area contributed by atoms with Gasteiger partial charge in [0.15, 0.2) is 25.5 Å². The molecule has 1 aromatic heterocycles. The van der Waals surface area contributed by atoms with E-state index >= 15 is 0 Å². The van der Waals surface area contributed by atoms with E-state index in [-0.39, 0.29) is 0 Å². The molecule has 0 bridgehead atoms. The highest BCUT2D eigenvalue weighted by molar-refractivity contribution is 7.25. The van der Waals surface area contributed by atoms with Gasteiger partial charge in [-0.3, -0.25) is 0 Å². The van der Waals surface area contributed by atoms with Crippen LogP contribution in [-0.2, 0) is 5.41 Å². The van der Waals surface area contributed by atoms with Crippen LogP contribution in [0.5, 0.6) is 0 Å². The zero-order valence-electron chi connectivity index (χ0n) is 31.7. The Hall–Kier alpha value is -7.27. The minimum absolute atomic E-state index is 0.594. The molecule has 0 radical (unpaired) electrons. The van der Waals surface area contributed by atoms with Crippen LogP contribution in [0.15, 0.2) is 224 Å². The number of hydrogen-bond donors (Lipinski definition) is 0. The molecule has 0 amide bonds. The van der Waals surface area contributed by atoms with E-state index in [4.69, 9.17) is 15.0 Å². The maximum atomic E-state index is 5.23. The van der Waals surface area contributed by atoms with E-state index in [0.717, 1.165) is 16.7 Å². The number of rotatable bonds is 7. The fourth-order valence-electron chi connectivity index (χ4n) is 9.79. The molecule has 0 saturated carbocycles. The summed E-state index contributed by atoms with van der Waals surface area (Å²) in [5.74, 6) is 1.95. The number of aromatic nitrogens is 3. The van der Waals surface area contributed by atoms with E-state index in [1.807, 2.05) is 36.4 Å². The predicted octanol–water partition coefficient (Wildman–Crippen LogP) is 10.2. The van der Waals surface area contributed by atoms with Gasteiger partial charge in [0.25, 0.3) is 0 Å². The first-order valence-electron chi connectivity index (χ1n) is 19.9. The van der Waals surface area contributed by atoms with E-state index in [9.17, 15) is 0 Å². The van der Waals surface area contributed by atoms with Gasteiger partial charge in [0.05, 0.1) is 5.41 Å². The molecule has 0 spiro atoms. The SMILES string of the molecule is c1ccc(-c2nc(-c3ccccc3)nc(-c3ccc4c(c3)C3=C(c5ccccc5C3(c3ccccc3)c3ccccc3)[Si]4(c3ccccc3)c3ccccc3)n2)cc1. The van der Waals surface area contributed by atoms with Crippen LogP contribution in [0.1, 0.15) is 27.8 Å². The molecule has 1 aliphatic carbocycles. The van der Waals surface area contributed by atoms with Crippen LogP contribution in [0.25, 0.3) is 44.9 Å². The first-order chi connectivity index (χ1) is 28.8. The zero-order valence-corrected chi connectivity index (χ0v) is 32.7. The lowest BCUT2D eigenvalue weighted by Crippen LogP contribution is -2.66. The standard InChI is InChI=1S/C54H37N3Si/c1-7-21-38(22-8-1)51-55-52(39-23-9-2-10-24-39)57-53(56-51)40-35-36-48-46(37-40)49-50(58(48,43-29-15-5-16-30-43)44-31-17-6-18-32-44)45-33-19-20-34-47(45)54(49,41-25-11-3-12-26-41)42-27-13-4-14-28-42/h1-37H. The minimum Gasteiger partial charge on any atom is -0.208 e. The molecule has 0 fully saturated rings. The summed E-state index contributed by atoms with van der Waals surface area (Å²) in [6.07, 6.45) is 0. The highest BCUT2D eigenvalue weighted by atomic mass is 28.3. The number of hydrogen-bond acceptors (Lipinski definition) is 3. The number of allylic oxidation sites excluding steroid dienone is 1. The molecule has 58 heavy (non-hydrogen) atoms. The second-order valence-corrected chi connectivity index (χ2v) is 18.8. The fraction of sp³-hybridized carbons (Fsp3) is 0.0185. The number of nitrogens with zero attached hydrogens (tertiary/aromatic N) is 3. The number of fused-ring (bicyclic) bond motifs is 4. The monoisotopic (exact) mass is 755 g/mol. The zero-order chi connectivity index (χ0) is 38.5. The Morgan fingerprint density at radius 1 is 0.345 bits per heavy atom. The maximum Gasteiger partial charge on any atom is 0.181 e. The van der Waals surface area contributed by atoms with Gasteiger partial charge in [-0.25, -0.2) is 15.0 Å². The molecule has 0 saturated heterocycles. The van der Waals surface area contributed by atoms with Crippen molar-refractivity contribution in [2.24, 2.45) is 0 Å². The first kappa shape index (κ1) is 34.0. The lowest BCUT2D eigenvalue weighted by Gasteiger charge is -2.37. The normalized spacial score (nSPS) is 14.4. The largest absolute Gasteiger partial charge is 0.208 e. The third kappa shape index (κ3) is 5.02. The summed E-state index contributed by atoms with van der Waals surface area (Å²) in [6.45, 7) is 0. The van der Waals surface area contributed by atoms with Crippen LogP contribution < -0.4 is 15.6 Å². The van der Waals surface area contributed by atoms with Gasteiger partial charge < -0.3 is 0 Å². The van der Waals surface area contributed by atoms with Crippen molar-refractivity contribution in [3.8, 4) is 34.2 Å². The van der Waals surface area contributed by atoms with Crippen LogP contribution in [0.4, 0.5) is 0 Å². The van der Waals surface area contributed by atoms with Crippen LogP contribution in [0.3, 0.4) is 0 Å². The molecule has 0 atom stereocenters. The van der Waals surface area contributed by atoms with Gasteiger partial charge in [0.2, 0.25) is 0 Å². The van der Waals surface area contributed by atoms with Gasteiger partial charge in [-0.15, -0.1) is 0 Å². The Morgan fingerprint density at radius 2 is 0.759 bits per heavy atom. The molecule has 0 N–H and O–H groups in total. The molecule has 272 valence electrons. The third-order valence-corrected chi connectivity index (χ3v) is 17.0. The van der Waals surface area contributed by atoms with Crippen LogP contribution in [0.2, 0.25) is 0 Å². The Morgan fingerprint density at radius 3 is 1.26 bits per heavy atom. The predicted molar refractivity (Wildman–Crippen MR) is 240 cm³/mol. The molecule has 11 rings (SSSR count). The lowest BCUT2D eigenvalue weighted by atomic mass is 9.65. The van der Waals surface area contributed by atoms with Crippen molar-refractivity contribution in [3.63, 3.8) is 0 Å². The second-order valence-electron chi connectivity index (χ2n) is 15.1. The number of benzene rings is 8. The van der Waals surface area contributed by atoms with Crippen LogP contribution in [-0.4, -0.2) is 23.0 Å². The Labute approximate surface area is 339 Å². The van der Waals surface area contributed by atoms with Gasteiger partial charge in [-0.1, -0.05) is 218 Å². The van der Waals surface area contributed by atoms with Crippen molar-refractivity contribution in [2.45, 2.75) is 5.41 Å². The highest BCUT2D eigenvalue weighted by Crippen LogP contribution is 2.62. The summed E-state index contributed by atoms with van der Waals surface area (Å²) in [7, 11) is -2.97. The molecular weight excluding hydrogens is 719 g/mol. The van der Waals surface area contributed by atoms with Crippen molar-refractivity contribution in [1.82, 2.24) is 15.0 Å². The quantitative estimate of drug-likeness (QED) is 0.152. The summed E-state index contributed by atoms with van der Waals surface area (Å²) >= 11 is 0. The van der Waals surface area contributed by atoms with E-state index in [1.54, 1.807) is 0 Å². The van der Waals surface area contributed by atoms with Gasteiger partial charge in [-0.2, -0.15) is 0 Å². The Balaban J connectivity index is 1.28. The van der Waals surface area contributed by atoms with E-state index in [0.29, 0.717) is 17.5 Å². The Kier molecular flexibility index (Phi) is 8.05. The van der Waals surface area contributed by atoms with Gasteiger partial charge >= 0.3 is 0 Å². The third-order valence-electron chi connectivity index (χ3n) is 12.1. The van der Waals surface area contributed by atoms with Crippen molar-refractivity contribution in [3.05, 3.63) is 252 Å². The minimum atomic E-state index is -2.97. The van der Waals surface area contributed by atoms with E-state index < -0.39 is 13.5 Å². The first-order valence-corrected chi connectivity index (χ1v) is 21.9. The molecule has 2 aliphatic rings. The molecule has 0 unspecified atom stereocenters. The summed E-state index contributed by atoms with van der Waals surface area (Å²) in [5.41, 5.74) is 10.00. The summed E-state index contributed by atoms with van der Waals surface area (Å²) in [6, 6.07) is 81.6. The fourth-order valence-corrected chi connectivity index (χ4v) is 15.2. The topological polar surface area (TPSA) is 38.7 Å².